The lowest BCUT2D eigenvalue weighted by Crippen LogP contribution is -1.97. The van der Waals surface area contributed by atoms with Gasteiger partial charge in [-0.2, -0.15) is 5.26 Å². The molecule has 0 radical (unpaired) electrons. The number of fused-ring (bicyclic) bond motifs is 6. The average Bonchev–Trinajstić information content (AvgIpc) is 3.65. The van der Waals surface area contributed by atoms with Gasteiger partial charge >= 0.3 is 0 Å². The van der Waals surface area contributed by atoms with Crippen LogP contribution in [0.1, 0.15) is 5.56 Å². The first-order valence-electron chi connectivity index (χ1n) is 15.8. The summed E-state index contributed by atoms with van der Waals surface area (Å²) in [7, 11) is 0. The summed E-state index contributed by atoms with van der Waals surface area (Å²) in [6, 6.07) is 57.3. The van der Waals surface area contributed by atoms with Gasteiger partial charge in [0.05, 0.1) is 22.1 Å². The second kappa shape index (κ2) is 11.2. The van der Waals surface area contributed by atoms with Gasteiger partial charge in [0.15, 0.2) is 0 Å². The van der Waals surface area contributed by atoms with Crippen molar-refractivity contribution in [3.05, 3.63) is 169 Å². The molecule has 0 unspecified atom stereocenters. The van der Waals surface area contributed by atoms with Crippen LogP contribution in [0.4, 0.5) is 0 Å². The smallest absolute Gasteiger partial charge is 0.149 e. The molecule has 5 nitrogen and oxygen atoms in total. The van der Waals surface area contributed by atoms with Gasteiger partial charge in [0.25, 0.3) is 0 Å². The predicted octanol–water partition coefficient (Wildman–Crippen LogP) is 11.3. The van der Waals surface area contributed by atoms with Crippen LogP contribution in [-0.2, 0) is 0 Å². The van der Waals surface area contributed by atoms with Gasteiger partial charge in [-0.05, 0) is 60.7 Å². The summed E-state index contributed by atoms with van der Waals surface area (Å²) < 4.78 is 17.3. The van der Waals surface area contributed by atoms with Crippen LogP contribution in [0.15, 0.2) is 164 Å². The van der Waals surface area contributed by atoms with Gasteiger partial charge in [-0.1, -0.05) is 91.0 Å². The third-order valence-electron chi connectivity index (χ3n) is 8.87. The molecule has 0 saturated carbocycles. The van der Waals surface area contributed by atoms with E-state index in [-0.39, 0.29) is 0 Å². The van der Waals surface area contributed by atoms with Crippen LogP contribution in [0.3, 0.4) is 0 Å². The maximum atomic E-state index is 10.3. The van der Waals surface area contributed by atoms with Gasteiger partial charge in [-0.15, -0.1) is 0 Å². The molecule has 0 aliphatic rings. The lowest BCUT2D eigenvalue weighted by molar-refractivity contribution is 0.457. The fourth-order valence-electron chi connectivity index (χ4n) is 6.82. The Kier molecular flexibility index (Phi) is 6.45. The molecule has 2 aromatic heterocycles. The van der Waals surface area contributed by atoms with Gasteiger partial charge < -0.3 is 18.6 Å². The highest BCUT2D eigenvalue weighted by Gasteiger charge is 2.16. The van der Waals surface area contributed by atoms with Crippen molar-refractivity contribution in [1.29, 1.82) is 5.26 Å². The van der Waals surface area contributed by atoms with Gasteiger partial charge in [0.2, 0.25) is 0 Å². The molecule has 5 heteroatoms. The number of rotatable bonds is 6. The second-order valence-corrected chi connectivity index (χ2v) is 11.7. The van der Waals surface area contributed by atoms with Gasteiger partial charge in [0, 0.05) is 45.1 Å². The van der Waals surface area contributed by atoms with Crippen LogP contribution in [0, 0.1) is 11.3 Å². The molecule has 7 aromatic carbocycles. The number of aromatic nitrogens is 2. The summed E-state index contributed by atoms with van der Waals surface area (Å²) in [5, 5.41) is 15.1. The van der Waals surface area contributed by atoms with E-state index < -0.39 is 0 Å². The Hall–Kier alpha value is -6.77. The van der Waals surface area contributed by atoms with Crippen molar-refractivity contribution in [2.24, 2.45) is 0 Å². The maximum absolute atomic E-state index is 10.3. The van der Waals surface area contributed by atoms with Crippen molar-refractivity contribution in [3.63, 3.8) is 0 Å². The van der Waals surface area contributed by atoms with Gasteiger partial charge in [0.1, 0.15) is 34.6 Å². The van der Waals surface area contributed by atoms with E-state index in [0.29, 0.717) is 28.6 Å². The Labute approximate surface area is 276 Å². The van der Waals surface area contributed by atoms with E-state index in [1.807, 2.05) is 42.5 Å². The van der Waals surface area contributed by atoms with Crippen molar-refractivity contribution in [1.82, 2.24) is 9.13 Å². The highest BCUT2D eigenvalue weighted by molar-refractivity contribution is 6.10. The molecule has 48 heavy (non-hydrogen) atoms. The van der Waals surface area contributed by atoms with Crippen LogP contribution in [0.5, 0.6) is 23.0 Å². The Morgan fingerprint density at radius 1 is 0.396 bits per heavy atom. The van der Waals surface area contributed by atoms with Crippen molar-refractivity contribution in [3.8, 4) is 40.4 Å². The zero-order valence-corrected chi connectivity index (χ0v) is 25.7. The molecule has 2 heterocycles. The molecule has 0 amide bonds. The number of ether oxygens (including phenoxy) is 2. The van der Waals surface area contributed by atoms with Crippen molar-refractivity contribution in [2.75, 3.05) is 0 Å². The molecule has 0 saturated heterocycles. The zero-order chi connectivity index (χ0) is 32.0. The molecule has 0 aliphatic heterocycles. The van der Waals surface area contributed by atoms with Crippen LogP contribution in [-0.4, -0.2) is 9.13 Å². The van der Waals surface area contributed by atoms with E-state index in [2.05, 4.69) is 124 Å². The lowest BCUT2D eigenvalue weighted by atomic mass is 10.2. The minimum Gasteiger partial charge on any atom is -0.456 e. The maximum Gasteiger partial charge on any atom is 0.149 e. The first kappa shape index (κ1) is 27.5. The molecule has 0 bridgehead atoms. The fraction of sp³-hybridized carbons (Fsp3) is 0. The Balaban J connectivity index is 1.06. The Morgan fingerprint density at radius 2 is 0.750 bits per heavy atom. The molecular formula is C43H27N3O2. The Bertz CT molecular complexity index is 2430. The highest BCUT2D eigenvalue weighted by Crippen LogP contribution is 2.38. The molecule has 0 N–H and O–H groups in total. The minimum atomic E-state index is 0.321. The van der Waals surface area contributed by atoms with Crippen LogP contribution < -0.4 is 9.47 Å². The largest absolute Gasteiger partial charge is 0.456 e. The molecular weight excluding hydrogens is 590 g/mol. The summed E-state index contributed by atoms with van der Waals surface area (Å²) in [4.78, 5) is 0. The first-order chi connectivity index (χ1) is 23.8. The lowest BCUT2D eigenvalue weighted by Gasteiger charge is -2.14. The molecule has 0 atom stereocenters. The topological polar surface area (TPSA) is 52.1 Å². The Morgan fingerprint density at radius 3 is 1.12 bits per heavy atom. The monoisotopic (exact) mass is 617 g/mol. The summed E-state index contributed by atoms with van der Waals surface area (Å²) in [6.45, 7) is 0. The quantitative estimate of drug-likeness (QED) is 0.187. The molecule has 0 aliphatic carbocycles. The molecule has 226 valence electrons. The van der Waals surface area contributed by atoms with E-state index >= 15 is 0 Å². The van der Waals surface area contributed by atoms with E-state index in [4.69, 9.17) is 9.47 Å². The van der Waals surface area contributed by atoms with Crippen LogP contribution in [0.2, 0.25) is 0 Å². The summed E-state index contributed by atoms with van der Waals surface area (Å²) >= 11 is 0. The predicted molar refractivity (Wildman–Crippen MR) is 193 cm³/mol. The molecule has 0 spiro atoms. The minimum absolute atomic E-state index is 0.321. The summed E-state index contributed by atoms with van der Waals surface area (Å²) in [5.74, 6) is 2.09. The zero-order valence-electron chi connectivity index (χ0n) is 25.7. The highest BCUT2D eigenvalue weighted by atomic mass is 16.5. The van der Waals surface area contributed by atoms with Crippen molar-refractivity contribution in [2.45, 2.75) is 0 Å². The SMILES string of the molecule is N#Cc1c(Oc2cccc(-n3c4ccccc4c4ccccc43)c2)cccc1Oc1cccc(-n2c3ccccc3c3ccccc32)c1. The average molecular weight is 618 g/mol. The van der Waals surface area contributed by atoms with Gasteiger partial charge in [-0.3, -0.25) is 0 Å². The second-order valence-electron chi connectivity index (χ2n) is 11.7. The third kappa shape index (κ3) is 4.47. The first-order valence-corrected chi connectivity index (χ1v) is 15.8. The standard InChI is InChI=1S/C43H27N3O2/c44-28-37-42(47-31-14-9-12-29(26-31)45-38-20-5-1-16-33(38)34-17-2-6-21-39(34)45)24-11-25-43(37)48-32-15-10-13-30(27-32)46-40-22-7-3-18-35(40)36-19-4-8-23-41(36)46/h1-27H. The van der Waals surface area contributed by atoms with Crippen LogP contribution >= 0.6 is 0 Å². The van der Waals surface area contributed by atoms with Crippen LogP contribution in [0.25, 0.3) is 55.0 Å². The number of benzene rings is 7. The van der Waals surface area contributed by atoms with E-state index in [0.717, 1.165) is 33.4 Å². The number of nitrogens with zero attached hydrogens (tertiary/aromatic N) is 3. The fourth-order valence-corrected chi connectivity index (χ4v) is 6.82. The van der Waals surface area contributed by atoms with Crippen molar-refractivity contribution >= 4 is 43.6 Å². The number of hydrogen-bond donors (Lipinski definition) is 0. The van der Waals surface area contributed by atoms with E-state index in [9.17, 15) is 5.26 Å². The number of hydrogen-bond acceptors (Lipinski definition) is 3. The number of nitriles is 1. The van der Waals surface area contributed by atoms with E-state index in [1.165, 1.54) is 21.5 Å². The summed E-state index contributed by atoms with van der Waals surface area (Å²) in [5.41, 5.74) is 6.73. The summed E-state index contributed by atoms with van der Waals surface area (Å²) in [6.07, 6.45) is 0. The molecule has 9 rings (SSSR count). The van der Waals surface area contributed by atoms with Gasteiger partial charge in [-0.25, -0.2) is 0 Å². The number of para-hydroxylation sites is 4. The molecule has 0 fully saturated rings. The van der Waals surface area contributed by atoms with Crippen molar-refractivity contribution < 1.29 is 9.47 Å². The molecule has 9 aromatic rings. The van der Waals surface area contributed by atoms with E-state index in [1.54, 1.807) is 12.1 Å². The normalized spacial score (nSPS) is 11.3. The third-order valence-corrected chi connectivity index (χ3v) is 8.87.